The molecule has 0 aliphatic heterocycles. The fourth-order valence-corrected chi connectivity index (χ4v) is 4.72. The van der Waals surface area contributed by atoms with Crippen molar-refractivity contribution in [3.63, 3.8) is 0 Å². The molecule has 30 heavy (non-hydrogen) atoms. The standard InChI is InChI=1S/C19H17N3O6S2/c1-4-28-19(25)21-17(24)15-9(2)10(3)29-18(15)20-16(23)14-8-11-7-12(22(26)27)5-6-13(11)30-14/h5-8H,4H2,1-3H3,(H,20,23)(H,21,24,25). The van der Waals surface area contributed by atoms with Crippen LogP contribution in [0.15, 0.2) is 24.3 Å². The lowest BCUT2D eigenvalue weighted by atomic mass is 10.1. The minimum atomic E-state index is -0.867. The lowest BCUT2D eigenvalue weighted by Crippen LogP contribution is -2.31. The summed E-state index contributed by atoms with van der Waals surface area (Å²) in [5.41, 5.74) is 0.773. The Labute approximate surface area is 178 Å². The van der Waals surface area contributed by atoms with Gasteiger partial charge in [-0.25, -0.2) is 4.79 Å². The molecular weight excluding hydrogens is 430 g/mol. The minimum Gasteiger partial charge on any atom is -0.450 e. The van der Waals surface area contributed by atoms with Gasteiger partial charge in [0, 0.05) is 27.1 Å². The zero-order chi connectivity index (χ0) is 22.0. The van der Waals surface area contributed by atoms with Crippen LogP contribution in [0.2, 0.25) is 0 Å². The number of imide groups is 1. The Morgan fingerprint density at radius 3 is 2.53 bits per heavy atom. The molecule has 0 aliphatic carbocycles. The summed E-state index contributed by atoms with van der Waals surface area (Å²) in [6.45, 7) is 5.26. The number of ether oxygens (including phenoxy) is 1. The van der Waals surface area contributed by atoms with E-state index in [1.807, 2.05) is 0 Å². The number of non-ortho nitro benzene ring substituents is 1. The number of alkyl carbamates (subject to hydrolysis) is 1. The van der Waals surface area contributed by atoms with Gasteiger partial charge in [-0.3, -0.25) is 25.0 Å². The quantitative estimate of drug-likeness (QED) is 0.434. The third kappa shape index (κ3) is 4.31. The monoisotopic (exact) mass is 447 g/mol. The summed E-state index contributed by atoms with van der Waals surface area (Å²) in [6.07, 6.45) is -0.867. The fraction of sp³-hybridized carbons (Fsp3) is 0.211. The lowest BCUT2D eigenvalue weighted by molar-refractivity contribution is -0.384. The molecule has 1 aromatic carbocycles. The first kappa shape index (κ1) is 21.4. The molecule has 2 aromatic heterocycles. The van der Waals surface area contributed by atoms with Crippen LogP contribution in [0.25, 0.3) is 10.1 Å². The Kier molecular flexibility index (Phi) is 6.13. The van der Waals surface area contributed by atoms with Gasteiger partial charge < -0.3 is 10.1 Å². The van der Waals surface area contributed by atoms with Gasteiger partial charge in [0.1, 0.15) is 5.00 Å². The molecule has 9 nitrogen and oxygen atoms in total. The second kappa shape index (κ2) is 8.59. The number of rotatable bonds is 5. The minimum absolute atomic E-state index is 0.0605. The number of hydrogen-bond donors (Lipinski definition) is 2. The maximum atomic E-state index is 12.8. The Hall–Kier alpha value is -3.31. The Morgan fingerprint density at radius 1 is 1.13 bits per heavy atom. The first-order valence-corrected chi connectivity index (χ1v) is 10.4. The third-order valence-corrected chi connectivity index (χ3v) is 6.50. The maximum Gasteiger partial charge on any atom is 0.414 e. The molecule has 0 spiro atoms. The second-order valence-corrected chi connectivity index (χ2v) is 8.51. The molecule has 11 heteroatoms. The van der Waals surface area contributed by atoms with E-state index in [0.29, 0.717) is 20.8 Å². The molecule has 2 heterocycles. The van der Waals surface area contributed by atoms with E-state index in [4.69, 9.17) is 4.74 Å². The van der Waals surface area contributed by atoms with Crippen LogP contribution >= 0.6 is 22.7 Å². The highest BCUT2D eigenvalue weighted by atomic mass is 32.1. The van der Waals surface area contributed by atoms with Crippen LogP contribution in [0.3, 0.4) is 0 Å². The number of benzene rings is 1. The summed E-state index contributed by atoms with van der Waals surface area (Å²) in [5.74, 6) is -1.12. The van der Waals surface area contributed by atoms with Gasteiger partial charge in [0.25, 0.3) is 17.5 Å². The van der Waals surface area contributed by atoms with Gasteiger partial charge in [-0.2, -0.15) is 0 Å². The number of carbonyl (C=O) groups is 3. The largest absolute Gasteiger partial charge is 0.450 e. The first-order chi connectivity index (χ1) is 14.2. The van der Waals surface area contributed by atoms with E-state index in [1.165, 1.54) is 34.8 Å². The molecule has 0 radical (unpaired) electrons. The van der Waals surface area contributed by atoms with Gasteiger partial charge >= 0.3 is 6.09 Å². The molecular formula is C19H17N3O6S2. The van der Waals surface area contributed by atoms with E-state index in [-0.39, 0.29) is 17.9 Å². The van der Waals surface area contributed by atoms with Crippen LogP contribution < -0.4 is 10.6 Å². The molecule has 0 saturated carbocycles. The number of fused-ring (bicyclic) bond motifs is 1. The van der Waals surface area contributed by atoms with Crippen molar-refractivity contribution in [3.05, 3.63) is 55.3 Å². The molecule has 0 saturated heterocycles. The van der Waals surface area contributed by atoms with Crippen LogP contribution in [0.5, 0.6) is 0 Å². The third-order valence-electron chi connectivity index (χ3n) is 4.26. The number of thiophene rings is 2. The molecule has 3 amide bonds. The number of carbonyl (C=O) groups excluding carboxylic acids is 3. The zero-order valence-corrected chi connectivity index (χ0v) is 17.9. The van der Waals surface area contributed by atoms with E-state index in [2.05, 4.69) is 10.6 Å². The predicted molar refractivity (Wildman–Crippen MR) is 115 cm³/mol. The number of aryl methyl sites for hydroxylation is 1. The van der Waals surface area contributed by atoms with Crippen molar-refractivity contribution < 1.29 is 24.0 Å². The highest BCUT2D eigenvalue weighted by Crippen LogP contribution is 2.34. The molecule has 0 bridgehead atoms. The van der Waals surface area contributed by atoms with Gasteiger partial charge in [0.15, 0.2) is 0 Å². The maximum absolute atomic E-state index is 12.8. The molecule has 0 fully saturated rings. The summed E-state index contributed by atoms with van der Waals surface area (Å²) < 4.78 is 5.46. The second-order valence-electron chi connectivity index (χ2n) is 6.21. The van der Waals surface area contributed by atoms with Crippen LogP contribution in [-0.2, 0) is 4.74 Å². The number of amides is 3. The van der Waals surface area contributed by atoms with E-state index < -0.39 is 22.8 Å². The van der Waals surface area contributed by atoms with Gasteiger partial charge in [-0.1, -0.05) is 0 Å². The molecule has 0 unspecified atom stereocenters. The summed E-state index contributed by atoms with van der Waals surface area (Å²) in [5, 5.41) is 16.7. The van der Waals surface area contributed by atoms with Crippen LogP contribution in [0.1, 0.15) is 37.4 Å². The summed E-state index contributed by atoms with van der Waals surface area (Å²) in [6, 6.07) is 5.94. The molecule has 2 N–H and O–H groups in total. The van der Waals surface area contributed by atoms with Crippen LogP contribution in [0, 0.1) is 24.0 Å². The van der Waals surface area contributed by atoms with Gasteiger partial charge in [0.2, 0.25) is 0 Å². The lowest BCUT2D eigenvalue weighted by Gasteiger charge is -2.07. The van der Waals surface area contributed by atoms with E-state index in [1.54, 1.807) is 32.9 Å². The number of nitro benzene ring substituents is 1. The molecule has 156 valence electrons. The summed E-state index contributed by atoms with van der Waals surface area (Å²) in [7, 11) is 0. The normalized spacial score (nSPS) is 10.6. The Bertz CT molecular complexity index is 1180. The van der Waals surface area contributed by atoms with E-state index >= 15 is 0 Å². The van der Waals surface area contributed by atoms with Crippen molar-refractivity contribution >= 4 is 61.4 Å². The van der Waals surface area contributed by atoms with Gasteiger partial charge in [-0.05, 0) is 38.5 Å². The van der Waals surface area contributed by atoms with Crippen molar-refractivity contribution in [3.8, 4) is 0 Å². The van der Waals surface area contributed by atoms with Crippen LogP contribution in [0.4, 0.5) is 15.5 Å². The molecule has 3 aromatic rings. The Balaban J connectivity index is 1.87. The molecule has 3 rings (SSSR count). The average molecular weight is 447 g/mol. The highest BCUT2D eigenvalue weighted by molar-refractivity contribution is 7.21. The predicted octanol–water partition coefficient (Wildman–Crippen LogP) is 4.63. The van der Waals surface area contributed by atoms with Crippen LogP contribution in [-0.4, -0.2) is 29.4 Å². The number of hydrogen-bond acceptors (Lipinski definition) is 8. The van der Waals surface area contributed by atoms with E-state index in [0.717, 1.165) is 9.58 Å². The topological polar surface area (TPSA) is 128 Å². The fourth-order valence-electron chi connectivity index (χ4n) is 2.73. The average Bonchev–Trinajstić information content (AvgIpc) is 3.22. The first-order valence-electron chi connectivity index (χ1n) is 8.78. The van der Waals surface area contributed by atoms with Crippen molar-refractivity contribution in [2.24, 2.45) is 0 Å². The zero-order valence-electron chi connectivity index (χ0n) is 16.2. The summed E-state index contributed by atoms with van der Waals surface area (Å²) in [4.78, 5) is 48.5. The summed E-state index contributed by atoms with van der Waals surface area (Å²) >= 11 is 2.40. The van der Waals surface area contributed by atoms with E-state index in [9.17, 15) is 24.5 Å². The van der Waals surface area contributed by atoms with Crippen molar-refractivity contribution in [1.82, 2.24) is 5.32 Å². The number of nitrogens with one attached hydrogen (secondary N) is 2. The number of anilines is 1. The highest BCUT2D eigenvalue weighted by Gasteiger charge is 2.24. The van der Waals surface area contributed by atoms with Gasteiger partial charge in [-0.15, -0.1) is 22.7 Å². The number of nitro groups is 1. The van der Waals surface area contributed by atoms with Gasteiger partial charge in [0.05, 0.1) is 22.0 Å². The SMILES string of the molecule is CCOC(=O)NC(=O)c1c(NC(=O)c2cc3cc([N+](=O)[O-])ccc3s2)sc(C)c1C. The Morgan fingerprint density at radius 2 is 1.87 bits per heavy atom. The van der Waals surface area contributed by atoms with Crippen molar-refractivity contribution in [2.75, 3.05) is 11.9 Å². The molecule has 0 aliphatic rings. The number of nitrogens with zero attached hydrogens (tertiary/aromatic N) is 1. The smallest absolute Gasteiger partial charge is 0.414 e. The molecule has 0 atom stereocenters. The van der Waals surface area contributed by atoms with Crippen molar-refractivity contribution in [1.29, 1.82) is 0 Å². The van der Waals surface area contributed by atoms with Crippen molar-refractivity contribution in [2.45, 2.75) is 20.8 Å².